The number of rotatable bonds is 14. The number of carbonyl (C=O) groups excluding carboxylic acids is 4. The summed E-state index contributed by atoms with van der Waals surface area (Å²) in [6.45, 7) is 2.58. The van der Waals surface area contributed by atoms with E-state index >= 15 is 0 Å². The summed E-state index contributed by atoms with van der Waals surface area (Å²) < 4.78 is 11.2. The van der Waals surface area contributed by atoms with Crippen molar-refractivity contribution in [3.63, 3.8) is 0 Å². The van der Waals surface area contributed by atoms with Crippen molar-refractivity contribution in [3.05, 3.63) is 31.9 Å². The molecule has 0 bridgehead atoms. The molecular formula is C29H40N2O13. The number of carbonyl (C=O) groups is 4. The minimum absolute atomic E-state index is 0.00377. The third-order valence-electron chi connectivity index (χ3n) is 10.6. The summed E-state index contributed by atoms with van der Waals surface area (Å²) in [6.07, 6.45) is 3.60. The molecule has 7 atom stereocenters. The van der Waals surface area contributed by atoms with Crippen LogP contribution in [0.25, 0.3) is 0 Å². The molecule has 0 heterocycles. The zero-order valence-electron chi connectivity index (χ0n) is 25.0. The second kappa shape index (κ2) is 13.2. The predicted molar refractivity (Wildman–Crippen MR) is 147 cm³/mol. The van der Waals surface area contributed by atoms with Gasteiger partial charge in [-0.3, -0.25) is 19.2 Å². The monoisotopic (exact) mass is 624 g/mol. The molecule has 15 nitrogen and oxygen atoms in total. The fourth-order valence-corrected chi connectivity index (χ4v) is 8.65. The van der Waals surface area contributed by atoms with Crippen molar-refractivity contribution < 1.29 is 53.6 Å². The lowest BCUT2D eigenvalue weighted by Gasteiger charge is -2.60. The van der Waals surface area contributed by atoms with E-state index in [1.807, 2.05) is 6.92 Å². The second-order valence-corrected chi connectivity index (χ2v) is 12.8. The minimum atomic E-state index is -1.72. The number of nitrogens with zero attached hydrogens (tertiary/aromatic N) is 2. The van der Waals surface area contributed by atoms with Crippen molar-refractivity contribution in [2.24, 2.45) is 28.6 Å². The number of fused-ring (bicyclic) bond motifs is 5. The molecule has 0 saturated heterocycles. The highest BCUT2D eigenvalue weighted by atomic mass is 17.0. The molecule has 0 spiro atoms. The highest BCUT2D eigenvalue weighted by Crippen LogP contribution is 2.68. The molecule has 3 saturated carbocycles. The molecule has 0 amide bonds. The predicted octanol–water partition coefficient (Wildman–Crippen LogP) is 2.86. The van der Waals surface area contributed by atoms with E-state index in [0.717, 1.165) is 5.57 Å². The Bertz CT molecular complexity index is 1220. The fraction of sp³-hybridized carbons (Fsp3) is 0.793. The smallest absolute Gasteiger partial charge is 0.306 e. The first-order valence-corrected chi connectivity index (χ1v) is 15.1. The van der Waals surface area contributed by atoms with Gasteiger partial charge in [-0.25, -0.2) is 0 Å². The van der Waals surface area contributed by atoms with E-state index in [1.165, 1.54) is 0 Å². The van der Waals surface area contributed by atoms with Crippen molar-refractivity contribution in [3.8, 4) is 0 Å². The van der Waals surface area contributed by atoms with Gasteiger partial charge in [0.25, 0.3) is 10.2 Å². The van der Waals surface area contributed by atoms with Crippen LogP contribution < -0.4 is 0 Å². The molecular weight excluding hydrogens is 584 g/mol. The highest BCUT2D eigenvalue weighted by Gasteiger charge is 2.70. The molecule has 1 N–H and O–H groups in total. The Kier molecular flexibility index (Phi) is 9.96. The maximum atomic E-state index is 14.0. The molecule has 0 aliphatic heterocycles. The first-order valence-electron chi connectivity index (χ1n) is 15.1. The van der Waals surface area contributed by atoms with Crippen molar-refractivity contribution in [2.75, 3.05) is 19.8 Å². The Balaban J connectivity index is 1.55. The zero-order valence-corrected chi connectivity index (χ0v) is 25.0. The number of ether oxygens (including phenoxy) is 2. The standard InChI is InChI=1S/C29H40N2O13/c1-27-11-9-19(32)15-18(27)7-8-20-21-10-12-29(28(21,2)16-22(33)26(20)27,44-25(36)6-4-14-43-31(39)40)23(34)17-41-24(35)5-3-13-42-30(37)38/h15,20-22,26,33H,3-14,16-17H2,1-2H3/t20?,21?,22-,26+,27-,28-,29-/m0/s1. The molecule has 0 aromatic carbocycles. The molecule has 4 aliphatic rings. The second-order valence-electron chi connectivity index (χ2n) is 12.8. The van der Waals surface area contributed by atoms with Crippen LogP contribution in [0.2, 0.25) is 0 Å². The average Bonchev–Trinajstić information content (AvgIpc) is 3.24. The van der Waals surface area contributed by atoms with E-state index in [2.05, 4.69) is 16.6 Å². The number of ketones is 2. The van der Waals surface area contributed by atoms with E-state index in [0.29, 0.717) is 32.1 Å². The van der Waals surface area contributed by atoms with E-state index < -0.39 is 51.6 Å². The third-order valence-corrected chi connectivity index (χ3v) is 10.6. The number of allylic oxidation sites excluding steroid dienone is 1. The van der Waals surface area contributed by atoms with Gasteiger partial charge in [0, 0.05) is 24.7 Å². The van der Waals surface area contributed by atoms with Crippen molar-refractivity contribution in [2.45, 2.75) is 96.2 Å². The molecule has 0 aromatic rings. The third kappa shape index (κ3) is 6.42. The first-order chi connectivity index (χ1) is 20.7. The Morgan fingerprint density at radius 1 is 0.977 bits per heavy atom. The lowest BCUT2D eigenvalue weighted by atomic mass is 9.45. The number of aliphatic hydroxyl groups is 1. The maximum Gasteiger partial charge on any atom is 0.306 e. The molecule has 0 aromatic heterocycles. The van der Waals surface area contributed by atoms with Crippen molar-refractivity contribution in [1.82, 2.24) is 0 Å². The van der Waals surface area contributed by atoms with Gasteiger partial charge < -0.3 is 24.3 Å². The normalized spacial score (nSPS) is 34.0. The van der Waals surface area contributed by atoms with E-state index in [4.69, 9.17) is 9.47 Å². The number of aliphatic hydroxyl groups excluding tert-OH is 1. The summed E-state index contributed by atoms with van der Waals surface area (Å²) in [5.41, 5.74) is -2.04. The first kappa shape index (κ1) is 33.3. The average molecular weight is 625 g/mol. The summed E-state index contributed by atoms with van der Waals surface area (Å²) in [5, 5.41) is 30.6. The quantitative estimate of drug-likeness (QED) is 0.128. The van der Waals surface area contributed by atoms with Gasteiger partial charge in [0.1, 0.15) is 0 Å². The summed E-state index contributed by atoms with van der Waals surface area (Å²) in [7, 11) is 0. The summed E-state index contributed by atoms with van der Waals surface area (Å²) in [6, 6.07) is 0. The van der Waals surface area contributed by atoms with Gasteiger partial charge in [0.2, 0.25) is 5.78 Å². The van der Waals surface area contributed by atoms with Crippen LogP contribution in [-0.2, 0) is 38.3 Å². The van der Waals surface area contributed by atoms with Crippen LogP contribution in [0.3, 0.4) is 0 Å². The van der Waals surface area contributed by atoms with Crippen LogP contribution in [0.15, 0.2) is 11.6 Å². The maximum absolute atomic E-state index is 14.0. The van der Waals surface area contributed by atoms with Gasteiger partial charge in [-0.05, 0) is 80.6 Å². The van der Waals surface area contributed by atoms with E-state index in [-0.39, 0.29) is 80.7 Å². The molecule has 244 valence electrons. The number of esters is 2. The van der Waals surface area contributed by atoms with Crippen molar-refractivity contribution >= 4 is 23.5 Å². The molecule has 44 heavy (non-hydrogen) atoms. The minimum Gasteiger partial charge on any atom is -0.457 e. The van der Waals surface area contributed by atoms with E-state index in [1.54, 1.807) is 6.08 Å². The Morgan fingerprint density at radius 3 is 2.25 bits per heavy atom. The van der Waals surface area contributed by atoms with Gasteiger partial charge in [-0.2, -0.15) is 0 Å². The number of hydrogen-bond donors (Lipinski definition) is 1. The molecule has 4 aliphatic carbocycles. The molecule has 4 rings (SSSR count). The SMILES string of the molecule is C[C@]12CCC(=O)C=C1CCC1C3CC[C@](OC(=O)CCCO[N+](=O)[O-])(C(=O)COC(=O)CCCO[N+](=O)[O-])[C@@]3(C)C[C@H](O)[C@@H]12. The highest BCUT2D eigenvalue weighted by molar-refractivity contribution is 5.93. The number of Topliss-reactive ketones (excluding diaryl/α,β-unsaturated/α-hetero) is 1. The Hall–Kier alpha value is -3.62. The lowest BCUT2D eigenvalue weighted by Crippen LogP contribution is -2.63. The van der Waals surface area contributed by atoms with Crippen LogP contribution in [-0.4, -0.2) is 70.3 Å². The topological polar surface area (TPSA) is 212 Å². The van der Waals surface area contributed by atoms with Crippen LogP contribution >= 0.6 is 0 Å². The van der Waals surface area contributed by atoms with Gasteiger partial charge in [0.15, 0.2) is 18.0 Å². The fourth-order valence-electron chi connectivity index (χ4n) is 8.65. The van der Waals surface area contributed by atoms with Crippen LogP contribution in [0.1, 0.15) is 84.5 Å². The molecule has 15 heteroatoms. The van der Waals surface area contributed by atoms with E-state index in [9.17, 15) is 44.5 Å². The Morgan fingerprint density at radius 2 is 1.61 bits per heavy atom. The van der Waals surface area contributed by atoms with Gasteiger partial charge >= 0.3 is 11.9 Å². The van der Waals surface area contributed by atoms with Crippen molar-refractivity contribution in [1.29, 1.82) is 0 Å². The Labute approximate surface area is 253 Å². The van der Waals surface area contributed by atoms with Crippen LogP contribution in [0.4, 0.5) is 0 Å². The summed E-state index contributed by atoms with van der Waals surface area (Å²) in [4.78, 5) is 80.8. The molecule has 0 radical (unpaired) electrons. The molecule has 2 unspecified atom stereocenters. The lowest BCUT2D eigenvalue weighted by molar-refractivity contribution is -0.757. The largest absolute Gasteiger partial charge is 0.457 e. The number of hydrogen-bond acceptors (Lipinski definition) is 13. The summed E-state index contributed by atoms with van der Waals surface area (Å²) in [5.74, 6) is -2.36. The van der Waals surface area contributed by atoms with Crippen LogP contribution in [0.5, 0.6) is 0 Å². The van der Waals surface area contributed by atoms with Crippen LogP contribution in [0, 0.1) is 48.8 Å². The van der Waals surface area contributed by atoms with Gasteiger partial charge in [-0.1, -0.05) is 19.4 Å². The zero-order chi connectivity index (χ0) is 32.3. The van der Waals surface area contributed by atoms with Gasteiger partial charge in [0.05, 0.1) is 19.3 Å². The summed E-state index contributed by atoms with van der Waals surface area (Å²) >= 11 is 0. The van der Waals surface area contributed by atoms with Gasteiger partial charge in [-0.15, -0.1) is 20.2 Å². The molecule has 3 fully saturated rings.